The fraction of sp³-hybridized carbons (Fsp3) is 0.267. The van der Waals surface area contributed by atoms with Gasteiger partial charge in [-0.3, -0.25) is 0 Å². The Hall–Kier alpha value is -2.23. The molecule has 0 saturated heterocycles. The molecule has 1 aromatic heterocycles. The zero-order valence-corrected chi connectivity index (χ0v) is 11.4. The summed E-state index contributed by atoms with van der Waals surface area (Å²) < 4.78 is 4.96. The van der Waals surface area contributed by atoms with Crippen LogP contribution in [0.25, 0.3) is 11.3 Å². The molecule has 3 N–H and O–H groups in total. The molecule has 2 aromatic rings. The van der Waals surface area contributed by atoms with Crippen molar-refractivity contribution in [1.82, 2.24) is 4.98 Å². The van der Waals surface area contributed by atoms with Gasteiger partial charge in [0.1, 0.15) is 11.4 Å². The average Bonchev–Trinajstić information content (AvgIpc) is 2.75. The van der Waals surface area contributed by atoms with Gasteiger partial charge >= 0.3 is 5.97 Å². The molecule has 100 valence electrons. The number of aromatic amines is 1. The number of aromatic nitrogens is 1. The fourth-order valence-corrected chi connectivity index (χ4v) is 1.91. The van der Waals surface area contributed by atoms with E-state index in [2.05, 4.69) is 24.9 Å². The second-order valence-corrected chi connectivity index (χ2v) is 4.53. The standard InChI is InChI=1S/C15H18N2O2/c1-4-19-15(18)12-8-13(17-14(12)16)11-6-5-9(2)10(3)7-11/h5-8,17H,4,16H2,1-3H3. The number of rotatable bonds is 3. The van der Waals surface area contributed by atoms with Gasteiger partial charge in [-0.15, -0.1) is 0 Å². The molecule has 0 atom stereocenters. The molecule has 4 heteroatoms. The Kier molecular flexibility index (Phi) is 3.60. The number of benzene rings is 1. The number of anilines is 1. The SMILES string of the molecule is CCOC(=O)c1cc(-c2ccc(C)c(C)c2)[nH]c1N. The Morgan fingerprint density at radius 2 is 2.00 bits per heavy atom. The number of hydrogen-bond donors (Lipinski definition) is 2. The molecule has 19 heavy (non-hydrogen) atoms. The third kappa shape index (κ3) is 2.62. The van der Waals surface area contributed by atoms with E-state index in [9.17, 15) is 4.79 Å². The number of nitrogens with two attached hydrogens (primary N) is 1. The van der Waals surface area contributed by atoms with Crippen LogP contribution in [0.3, 0.4) is 0 Å². The molecular formula is C15H18N2O2. The maximum absolute atomic E-state index is 11.7. The van der Waals surface area contributed by atoms with Crippen molar-refractivity contribution in [3.05, 3.63) is 41.0 Å². The van der Waals surface area contributed by atoms with Gasteiger partial charge in [-0.2, -0.15) is 0 Å². The number of carbonyl (C=O) groups excluding carboxylic acids is 1. The van der Waals surface area contributed by atoms with Crippen molar-refractivity contribution in [3.63, 3.8) is 0 Å². The summed E-state index contributed by atoms with van der Waals surface area (Å²) in [6.07, 6.45) is 0. The zero-order valence-electron chi connectivity index (χ0n) is 11.4. The van der Waals surface area contributed by atoms with Gasteiger partial charge in [0.05, 0.1) is 6.61 Å². The van der Waals surface area contributed by atoms with Gasteiger partial charge in [-0.25, -0.2) is 4.79 Å². The summed E-state index contributed by atoms with van der Waals surface area (Å²) in [6, 6.07) is 7.85. The first-order valence-corrected chi connectivity index (χ1v) is 6.26. The van der Waals surface area contributed by atoms with Gasteiger partial charge < -0.3 is 15.5 Å². The van der Waals surface area contributed by atoms with Crippen LogP contribution in [0.4, 0.5) is 5.82 Å². The lowest BCUT2D eigenvalue weighted by atomic mass is 10.0. The van der Waals surface area contributed by atoms with Crippen LogP contribution in [-0.2, 0) is 4.74 Å². The smallest absolute Gasteiger partial charge is 0.341 e. The molecule has 1 heterocycles. The Balaban J connectivity index is 2.38. The molecule has 0 saturated carbocycles. The largest absolute Gasteiger partial charge is 0.462 e. The minimum Gasteiger partial charge on any atom is -0.462 e. The maximum Gasteiger partial charge on any atom is 0.341 e. The van der Waals surface area contributed by atoms with Crippen molar-refractivity contribution in [2.75, 3.05) is 12.3 Å². The average molecular weight is 258 g/mol. The predicted octanol–water partition coefficient (Wildman–Crippen LogP) is 3.06. The van der Waals surface area contributed by atoms with Crippen molar-refractivity contribution < 1.29 is 9.53 Å². The van der Waals surface area contributed by atoms with Crippen molar-refractivity contribution in [1.29, 1.82) is 0 Å². The number of ether oxygens (including phenoxy) is 1. The van der Waals surface area contributed by atoms with Crippen molar-refractivity contribution in [2.45, 2.75) is 20.8 Å². The van der Waals surface area contributed by atoms with Crippen molar-refractivity contribution >= 4 is 11.8 Å². The lowest BCUT2D eigenvalue weighted by molar-refractivity contribution is 0.0528. The van der Waals surface area contributed by atoms with Gasteiger partial charge in [0, 0.05) is 5.69 Å². The number of nitrogen functional groups attached to an aromatic ring is 1. The summed E-state index contributed by atoms with van der Waals surface area (Å²) in [5.74, 6) is -0.0574. The number of hydrogen-bond acceptors (Lipinski definition) is 3. The first kappa shape index (κ1) is 13.2. The third-order valence-electron chi connectivity index (χ3n) is 3.16. The highest BCUT2D eigenvalue weighted by atomic mass is 16.5. The Labute approximate surface area is 112 Å². The first-order chi connectivity index (χ1) is 9.02. The van der Waals surface area contributed by atoms with Gasteiger partial charge in [0.15, 0.2) is 0 Å². The minimum atomic E-state index is -0.397. The molecule has 0 amide bonds. The molecule has 0 aliphatic rings. The summed E-state index contributed by atoms with van der Waals surface area (Å²) in [7, 11) is 0. The van der Waals surface area contributed by atoms with Crippen LogP contribution in [0, 0.1) is 13.8 Å². The van der Waals surface area contributed by atoms with E-state index in [-0.39, 0.29) is 0 Å². The lowest BCUT2D eigenvalue weighted by Gasteiger charge is -2.03. The molecule has 0 radical (unpaired) electrons. The van der Waals surface area contributed by atoms with E-state index in [0.29, 0.717) is 18.0 Å². The van der Waals surface area contributed by atoms with Crippen LogP contribution in [0.5, 0.6) is 0 Å². The summed E-state index contributed by atoms with van der Waals surface area (Å²) in [5.41, 5.74) is 10.5. The van der Waals surface area contributed by atoms with E-state index >= 15 is 0 Å². The van der Waals surface area contributed by atoms with Gasteiger partial charge in [-0.05, 0) is 49.6 Å². The van der Waals surface area contributed by atoms with E-state index in [1.807, 2.05) is 12.1 Å². The summed E-state index contributed by atoms with van der Waals surface area (Å²) in [6.45, 7) is 6.22. The predicted molar refractivity (Wildman–Crippen MR) is 76.1 cm³/mol. The second kappa shape index (κ2) is 5.18. The highest BCUT2D eigenvalue weighted by molar-refractivity contribution is 5.96. The van der Waals surface area contributed by atoms with Crippen molar-refractivity contribution in [3.8, 4) is 11.3 Å². The lowest BCUT2D eigenvalue weighted by Crippen LogP contribution is -2.05. The van der Waals surface area contributed by atoms with E-state index < -0.39 is 5.97 Å². The molecule has 0 aliphatic carbocycles. The molecular weight excluding hydrogens is 240 g/mol. The minimum absolute atomic E-state index is 0.336. The Morgan fingerprint density at radius 1 is 1.26 bits per heavy atom. The molecule has 0 bridgehead atoms. The molecule has 0 unspecified atom stereocenters. The van der Waals surface area contributed by atoms with Crippen LogP contribution in [0.2, 0.25) is 0 Å². The maximum atomic E-state index is 11.7. The van der Waals surface area contributed by atoms with E-state index in [1.165, 1.54) is 11.1 Å². The van der Waals surface area contributed by atoms with Crippen LogP contribution in [-0.4, -0.2) is 17.6 Å². The number of H-pyrrole nitrogens is 1. The summed E-state index contributed by atoms with van der Waals surface area (Å²) >= 11 is 0. The fourth-order valence-electron chi connectivity index (χ4n) is 1.91. The van der Waals surface area contributed by atoms with Crippen LogP contribution >= 0.6 is 0 Å². The quantitative estimate of drug-likeness (QED) is 0.831. The first-order valence-electron chi connectivity index (χ1n) is 6.26. The van der Waals surface area contributed by atoms with E-state index in [0.717, 1.165) is 11.3 Å². The molecule has 4 nitrogen and oxygen atoms in total. The third-order valence-corrected chi connectivity index (χ3v) is 3.16. The molecule has 0 fully saturated rings. The van der Waals surface area contributed by atoms with E-state index in [1.54, 1.807) is 13.0 Å². The van der Waals surface area contributed by atoms with E-state index in [4.69, 9.17) is 10.5 Å². The Bertz CT molecular complexity index is 615. The summed E-state index contributed by atoms with van der Waals surface area (Å²) in [4.78, 5) is 14.7. The van der Waals surface area contributed by atoms with Crippen LogP contribution in [0.1, 0.15) is 28.4 Å². The number of carbonyl (C=O) groups is 1. The number of aryl methyl sites for hydroxylation is 2. The van der Waals surface area contributed by atoms with Gasteiger partial charge in [-0.1, -0.05) is 12.1 Å². The van der Waals surface area contributed by atoms with Crippen molar-refractivity contribution in [2.24, 2.45) is 0 Å². The normalized spacial score (nSPS) is 10.5. The molecule has 0 spiro atoms. The second-order valence-electron chi connectivity index (χ2n) is 4.53. The molecule has 0 aliphatic heterocycles. The highest BCUT2D eigenvalue weighted by Gasteiger charge is 2.15. The topological polar surface area (TPSA) is 68.1 Å². The molecule has 1 aromatic carbocycles. The van der Waals surface area contributed by atoms with Crippen LogP contribution < -0.4 is 5.73 Å². The monoisotopic (exact) mass is 258 g/mol. The van der Waals surface area contributed by atoms with Gasteiger partial charge in [0.2, 0.25) is 0 Å². The number of esters is 1. The van der Waals surface area contributed by atoms with Crippen LogP contribution in [0.15, 0.2) is 24.3 Å². The number of nitrogens with one attached hydrogen (secondary N) is 1. The molecule has 2 rings (SSSR count). The van der Waals surface area contributed by atoms with Gasteiger partial charge in [0.25, 0.3) is 0 Å². The summed E-state index contributed by atoms with van der Waals surface area (Å²) in [5, 5.41) is 0. The zero-order chi connectivity index (χ0) is 14.0. The Morgan fingerprint density at radius 3 is 2.63 bits per heavy atom. The highest BCUT2D eigenvalue weighted by Crippen LogP contribution is 2.25.